The van der Waals surface area contributed by atoms with E-state index in [1.54, 1.807) is 54.6 Å². The molecule has 4 aromatic rings. The first-order valence-corrected chi connectivity index (χ1v) is 15.4. The van der Waals surface area contributed by atoms with Crippen LogP contribution in [0.3, 0.4) is 0 Å². The Morgan fingerprint density at radius 3 is 2.00 bits per heavy atom. The van der Waals surface area contributed by atoms with E-state index in [1.807, 2.05) is 48.5 Å². The standard InChI is InChI=1S/C33H32NO9P/c1-39-25-17-15-24(16-18-25)19-40-32(35)31(22-43-44(37,38)42-20-23-9-3-2-4-10-23)34-33(36)41-21-30-28-13-7-5-11-26(28)27-12-6-8-14-29(27)30/h2-18,30-31H,19-22H2,1H3,(H,34,36)(H,37,38)/t31-/m0/s1. The Morgan fingerprint density at radius 2 is 1.36 bits per heavy atom. The summed E-state index contributed by atoms with van der Waals surface area (Å²) >= 11 is 0. The second-order valence-corrected chi connectivity index (χ2v) is 11.5. The average molecular weight is 618 g/mol. The molecule has 0 spiro atoms. The van der Waals surface area contributed by atoms with Crippen LogP contribution >= 0.6 is 7.82 Å². The molecule has 4 aromatic carbocycles. The molecule has 228 valence electrons. The lowest BCUT2D eigenvalue weighted by molar-refractivity contribution is -0.148. The molecule has 0 fully saturated rings. The van der Waals surface area contributed by atoms with Crippen LogP contribution in [0, 0.1) is 0 Å². The zero-order valence-corrected chi connectivity index (χ0v) is 24.9. The third-order valence-corrected chi connectivity index (χ3v) is 8.03. The second kappa shape index (κ2) is 14.3. The van der Waals surface area contributed by atoms with E-state index in [2.05, 4.69) is 5.32 Å². The largest absolute Gasteiger partial charge is 0.497 e. The molecular formula is C33H32NO9P. The van der Waals surface area contributed by atoms with Crippen molar-refractivity contribution < 1.29 is 42.3 Å². The predicted molar refractivity (Wildman–Crippen MR) is 162 cm³/mol. The van der Waals surface area contributed by atoms with Gasteiger partial charge in [0.2, 0.25) is 0 Å². The van der Waals surface area contributed by atoms with E-state index in [0.717, 1.165) is 22.3 Å². The molecule has 10 nitrogen and oxygen atoms in total. The van der Waals surface area contributed by atoms with Crippen molar-refractivity contribution in [3.8, 4) is 16.9 Å². The maximum absolute atomic E-state index is 13.0. The average Bonchev–Trinajstić information content (AvgIpc) is 3.38. The molecule has 2 N–H and O–H groups in total. The third-order valence-electron chi connectivity index (χ3n) is 7.10. The van der Waals surface area contributed by atoms with Crippen LogP contribution in [-0.4, -0.2) is 43.3 Å². The SMILES string of the molecule is COc1ccc(COC(=O)[C@H](COP(=O)(O)OCc2ccccc2)NC(=O)OCC2c3ccccc3-c3ccccc32)cc1. The Kier molecular flexibility index (Phi) is 10.1. The Morgan fingerprint density at radius 1 is 0.773 bits per heavy atom. The van der Waals surface area contributed by atoms with Gasteiger partial charge in [0.05, 0.1) is 20.3 Å². The summed E-state index contributed by atoms with van der Waals surface area (Å²) in [6.07, 6.45) is -0.917. The van der Waals surface area contributed by atoms with Gasteiger partial charge in [-0.3, -0.25) is 9.05 Å². The van der Waals surface area contributed by atoms with Gasteiger partial charge in [0.15, 0.2) is 6.04 Å². The number of phosphoric acid groups is 1. The predicted octanol–water partition coefficient (Wildman–Crippen LogP) is 5.98. The van der Waals surface area contributed by atoms with E-state index < -0.39 is 32.5 Å². The minimum absolute atomic E-state index is 0.00696. The molecule has 0 saturated heterocycles. The van der Waals surface area contributed by atoms with E-state index in [1.165, 1.54) is 7.11 Å². The summed E-state index contributed by atoms with van der Waals surface area (Å²) in [6, 6.07) is 29.9. The number of nitrogens with one attached hydrogen (secondary N) is 1. The number of methoxy groups -OCH3 is 1. The lowest BCUT2D eigenvalue weighted by Crippen LogP contribution is -2.45. The minimum atomic E-state index is -4.60. The summed E-state index contributed by atoms with van der Waals surface area (Å²) in [6.45, 7) is -1.00. The molecule has 0 radical (unpaired) electrons. The van der Waals surface area contributed by atoms with Crippen LogP contribution in [0.2, 0.25) is 0 Å². The number of rotatable bonds is 13. The Balaban J connectivity index is 1.23. The number of ether oxygens (including phenoxy) is 3. The van der Waals surface area contributed by atoms with Crippen molar-refractivity contribution in [3.63, 3.8) is 0 Å². The van der Waals surface area contributed by atoms with Gasteiger partial charge >= 0.3 is 19.9 Å². The summed E-state index contributed by atoms with van der Waals surface area (Å²) in [5.41, 5.74) is 5.50. The molecule has 1 unspecified atom stereocenters. The van der Waals surface area contributed by atoms with Crippen LogP contribution in [-0.2, 0) is 41.1 Å². The first-order valence-electron chi connectivity index (χ1n) is 13.9. The van der Waals surface area contributed by atoms with E-state index >= 15 is 0 Å². The lowest BCUT2D eigenvalue weighted by atomic mass is 9.98. The van der Waals surface area contributed by atoms with Crippen molar-refractivity contribution in [1.82, 2.24) is 5.32 Å². The summed E-state index contributed by atoms with van der Waals surface area (Å²) in [5.74, 6) is -0.455. The van der Waals surface area contributed by atoms with Gasteiger partial charge in [-0.25, -0.2) is 14.2 Å². The molecule has 1 amide bonds. The number of fused-ring (bicyclic) bond motifs is 3. The number of phosphoric ester groups is 1. The first-order chi connectivity index (χ1) is 21.3. The smallest absolute Gasteiger partial charge is 0.472 e. The summed E-state index contributed by atoms with van der Waals surface area (Å²) < 4.78 is 38.8. The summed E-state index contributed by atoms with van der Waals surface area (Å²) in [4.78, 5) is 36.2. The molecule has 5 rings (SSSR count). The lowest BCUT2D eigenvalue weighted by Gasteiger charge is -2.20. The summed E-state index contributed by atoms with van der Waals surface area (Å²) in [5, 5.41) is 2.42. The Hall–Kier alpha value is -4.47. The number of carbonyl (C=O) groups excluding carboxylic acids is 2. The molecule has 2 atom stereocenters. The van der Waals surface area contributed by atoms with Crippen molar-refractivity contribution in [2.75, 3.05) is 20.3 Å². The van der Waals surface area contributed by atoms with Gasteiger partial charge in [0.1, 0.15) is 19.0 Å². The number of amides is 1. The summed E-state index contributed by atoms with van der Waals surface area (Å²) in [7, 11) is -3.06. The van der Waals surface area contributed by atoms with Crippen molar-refractivity contribution in [1.29, 1.82) is 0 Å². The van der Waals surface area contributed by atoms with E-state index in [-0.39, 0.29) is 25.7 Å². The van der Waals surface area contributed by atoms with E-state index in [4.69, 9.17) is 23.3 Å². The molecule has 0 saturated carbocycles. The van der Waals surface area contributed by atoms with Gasteiger partial charge in [0.25, 0.3) is 0 Å². The molecule has 44 heavy (non-hydrogen) atoms. The molecule has 1 aliphatic carbocycles. The van der Waals surface area contributed by atoms with Crippen LogP contribution in [0.25, 0.3) is 11.1 Å². The Labute approximate surface area is 255 Å². The van der Waals surface area contributed by atoms with Gasteiger partial charge in [-0.2, -0.15) is 0 Å². The van der Waals surface area contributed by atoms with Gasteiger partial charge in [0, 0.05) is 5.92 Å². The number of esters is 1. The highest BCUT2D eigenvalue weighted by Gasteiger charge is 2.32. The number of benzene rings is 4. The fourth-order valence-electron chi connectivity index (χ4n) is 4.86. The second-order valence-electron chi connectivity index (χ2n) is 10.0. The maximum atomic E-state index is 13.0. The highest BCUT2D eigenvalue weighted by atomic mass is 31.2. The monoisotopic (exact) mass is 617 g/mol. The van der Waals surface area contributed by atoms with Gasteiger partial charge in [-0.05, 0) is 45.5 Å². The van der Waals surface area contributed by atoms with Gasteiger partial charge in [-0.1, -0.05) is 91.0 Å². The minimum Gasteiger partial charge on any atom is -0.497 e. The van der Waals surface area contributed by atoms with Crippen LogP contribution < -0.4 is 10.1 Å². The highest BCUT2D eigenvalue weighted by Crippen LogP contribution is 2.45. The van der Waals surface area contributed by atoms with Crippen LogP contribution in [0.15, 0.2) is 103 Å². The van der Waals surface area contributed by atoms with Crippen molar-refractivity contribution >= 4 is 19.9 Å². The molecule has 1 aliphatic rings. The number of alkyl carbamates (subject to hydrolysis) is 1. The maximum Gasteiger partial charge on any atom is 0.472 e. The van der Waals surface area contributed by atoms with Crippen LogP contribution in [0.4, 0.5) is 4.79 Å². The fourth-order valence-corrected chi connectivity index (χ4v) is 5.59. The van der Waals surface area contributed by atoms with E-state index in [9.17, 15) is 19.0 Å². The first kappa shape index (κ1) is 31.0. The van der Waals surface area contributed by atoms with Crippen molar-refractivity contribution in [2.24, 2.45) is 0 Å². The van der Waals surface area contributed by atoms with Crippen LogP contribution in [0.1, 0.15) is 28.2 Å². The molecule has 0 bridgehead atoms. The molecule has 0 aliphatic heterocycles. The van der Waals surface area contributed by atoms with E-state index in [0.29, 0.717) is 16.9 Å². The topological polar surface area (TPSA) is 130 Å². The zero-order chi connectivity index (χ0) is 30.9. The highest BCUT2D eigenvalue weighted by molar-refractivity contribution is 7.47. The number of hydrogen-bond acceptors (Lipinski definition) is 8. The molecule has 0 heterocycles. The fraction of sp³-hybridized carbons (Fsp3) is 0.212. The number of carbonyl (C=O) groups is 2. The normalized spacial score (nSPS) is 14.0. The van der Waals surface area contributed by atoms with Crippen LogP contribution in [0.5, 0.6) is 5.75 Å². The quantitative estimate of drug-likeness (QED) is 0.137. The molecular weight excluding hydrogens is 585 g/mol. The third kappa shape index (κ3) is 7.92. The molecule has 0 aromatic heterocycles. The number of hydrogen-bond donors (Lipinski definition) is 2. The Bertz CT molecular complexity index is 1580. The van der Waals surface area contributed by atoms with Crippen molar-refractivity contribution in [2.45, 2.75) is 25.2 Å². The van der Waals surface area contributed by atoms with Gasteiger partial charge in [-0.15, -0.1) is 0 Å². The van der Waals surface area contributed by atoms with Crippen molar-refractivity contribution in [3.05, 3.63) is 125 Å². The zero-order valence-electron chi connectivity index (χ0n) is 24.0. The molecule has 11 heteroatoms. The van der Waals surface area contributed by atoms with Gasteiger partial charge < -0.3 is 24.4 Å².